The molecule has 3 aromatic carbocycles. The first-order valence-electron chi connectivity index (χ1n) is 8.59. The van der Waals surface area contributed by atoms with Gasteiger partial charge in [-0.15, -0.1) is 0 Å². The molecule has 0 N–H and O–H groups in total. The SMILES string of the molecule is CCc1c2cccc1-c1ccc(-c3ccc(P=O)cc3)c(c1)CC(=O)O2. The third-order valence-electron chi connectivity index (χ3n) is 4.75. The first kappa shape index (κ1) is 16.7. The van der Waals surface area contributed by atoms with Gasteiger partial charge in [0.25, 0.3) is 0 Å². The average Bonchev–Trinajstić information content (AvgIpc) is 2.69. The maximum Gasteiger partial charge on any atom is 0.315 e. The quantitative estimate of drug-likeness (QED) is 0.377. The average molecular weight is 360 g/mol. The molecule has 1 aliphatic heterocycles. The number of carbonyl (C=O) groups is 1. The molecular formula is C22H17O3P. The van der Waals surface area contributed by atoms with Gasteiger partial charge in [0.15, 0.2) is 8.46 Å². The van der Waals surface area contributed by atoms with Crippen LogP contribution in [0.5, 0.6) is 5.75 Å². The van der Waals surface area contributed by atoms with Crippen LogP contribution in [0, 0.1) is 0 Å². The minimum atomic E-state index is -0.258. The third kappa shape index (κ3) is 2.95. The number of fused-ring (bicyclic) bond motifs is 5. The molecule has 0 unspecified atom stereocenters. The molecular weight excluding hydrogens is 343 g/mol. The Bertz CT molecular complexity index is 1010. The Kier molecular flexibility index (Phi) is 4.40. The summed E-state index contributed by atoms with van der Waals surface area (Å²) in [4.78, 5) is 12.5. The summed E-state index contributed by atoms with van der Waals surface area (Å²) in [6.45, 7) is 2.07. The van der Waals surface area contributed by atoms with E-state index in [-0.39, 0.29) is 20.9 Å². The molecule has 0 saturated heterocycles. The zero-order chi connectivity index (χ0) is 18.1. The predicted molar refractivity (Wildman–Crippen MR) is 103 cm³/mol. The van der Waals surface area contributed by atoms with Gasteiger partial charge in [-0.1, -0.05) is 43.3 Å². The zero-order valence-electron chi connectivity index (χ0n) is 14.4. The lowest BCUT2D eigenvalue weighted by Crippen LogP contribution is -2.12. The highest BCUT2D eigenvalue weighted by Crippen LogP contribution is 2.36. The van der Waals surface area contributed by atoms with Crippen LogP contribution in [0.2, 0.25) is 0 Å². The molecule has 3 nitrogen and oxygen atoms in total. The molecule has 0 atom stereocenters. The number of rotatable bonds is 3. The summed E-state index contributed by atoms with van der Waals surface area (Å²) in [6, 6.07) is 19.6. The van der Waals surface area contributed by atoms with Crippen molar-refractivity contribution in [3.8, 4) is 28.0 Å². The van der Waals surface area contributed by atoms with Crippen molar-refractivity contribution in [3.05, 3.63) is 71.8 Å². The highest BCUT2D eigenvalue weighted by Gasteiger charge is 2.19. The summed E-state index contributed by atoms with van der Waals surface area (Å²) in [5.41, 5.74) is 6.18. The fourth-order valence-corrected chi connectivity index (χ4v) is 3.77. The number of benzene rings is 3. The molecule has 4 rings (SSSR count). The van der Waals surface area contributed by atoms with Crippen molar-refractivity contribution < 1.29 is 14.1 Å². The predicted octanol–water partition coefficient (Wildman–Crippen LogP) is 4.96. The highest BCUT2D eigenvalue weighted by atomic mass is 31.1. The van der Waals surface area contributed by atoms with Gasteiger partial charge in [-0.25, -0.2) is 0 Å². The molecule has 4 heteroatoms. The Morgan fingerprint density at radius 2 is 1.73 bits per heavy atom. The zero-order valence-corrected chi connectivity index (χ0v) is 15.3. The second-order valence-electron chi connectivity index (χ2n) is 6.30. The van der Waals surface area contributed by atoms with Gasteiger partial charge in [0, 0.05) is 10.9 Å². The molecule has 1 heterocycles. The second kappa shape index (κ2) is 6.86. The van der Waals surface area contributed by atoms with E-state index in [0.717, 1.165) is 45.1 Å². The molecule has 0 fully saturated rings. The Morgan fingerprint density at radius 1 is 0.962 bits per heavy atom. The van der Waals surface area contributed by atoms with E-state index in [9.17, 15) is 9.36 Å². The van der Waals surface area contributed by atoms with E-state index in [1.165, 1.54) is 0 Å². The topological polar surface area (TPSA) is 43.4 Å². The van der Waals surface area contributed by atoms with Crippen LogP contribution in [0.3, 0.4) is 0 Å². The van der Waals surface area contributed by atoms with Crippen molar-refractivity contribution >= 4 is 19.7 Å². The van der Waals surface area contributed by atoms with Gasteiger partial charge in [0.05, 0.1) is 6.42 Å². The van der Waals surface area contributed by atoms with Gasteiger partial charge in [0.1, 0.15) is 5.75 Å². The lowest BCUT2D eigenvalue weighted by Gasteiger charge is -2.12. The first-order valence-corrected chi connectivity index (χ1v) is 9.40. The molecule has 0 radical (unpaired) electrons. The van der Waals surface area contributed by atoms with E-state index >= 15 is 0 Å². The standard InChI is InChI=1S/C22H17O3P/c1-2-18-20-4-3-5-21(18)25-22(23)13-16-12-15(20)8-11-19(16)14-6-9-17(26-24)10-7-14/h3-12H,2,13H2,1H3. The van der Waals surface area contributed by atoms with Crippen molar-refractivity contribution in [1.82, 2.24) is 0 Å². The monoisotopic (exact) mass is 360 g/mol. The molecule has 4 bridgehead atoms. The molecule has 0 amide bonds. The van der Waals surface area contributed by atoms with Crippen LogP contribution in [0.15, 0.2) is 60.7 Å². The number of hydrogen-bond acceptors (Lipinski definition) is 3. The molecule has 26 heavy (non-hydrogen) atoms. The summed E-state index contributed by atoms with van der Waals surface area (Å²) >= 11 is 0. The van der Waals surface area contributed by atoms with Gasteiger partial charge < -0.3 is 4.74 Å². The third-order valence-corrected chi connectivity index (χ3v) is 5.25. The van der Waals surface area contributed by atoms with Crippen molar-refractivity contribution in [1.29, 1.82) is 0 Å². The summed E-state index contributed by atoms with van der Waals surface area (Å²) in [6.07, 6.45) is 1.01. The molecule has 0 saturated carbocycles. The molecule has 0 aliphatic carbocycles. The van der Waals surface area contributed by atoms with Crippen LogP contribution in [-0.2, 0) is 22.2 Å². The normalized spacial score (nSPS) is 12.9. The van der Waals surface area contributed by atoms with Crippen LogP contribution in [0.1, 0.15) is 18.1 Å². The smallest absolute Gasteiger partial charge is 0.315 e. The van der Waals surface area contributed by atoms with E-state index in [4.69, 9.17) is 4.74 Å². The largest absolute Gasteiger partial charge is 0.426 e. The van der Waals surface area contributed by atoms with Gasteiger partial charge in [-0.2, -0.15) is 0 Å². The lowest BCUT2D eigenvalue weighted by atomic mass is 9.91. The Morgan fingerprint density at radius 3 is 2.46 bits per heavy atom. The van der Waals surface area contributed by atoms with Gasteiger partial charge in [-0.05, 0) is 58.5 Å². The van der Waals surface area contributed by atoms with Crippen molar-refractivity contribution in [2.45, 2.75) is 19.8 Å². The fourth-order valence-electron chi connectivity index (χ4n) is 3.50. The van der Waals surface area contributed by atoms with Gasteiger partial charge in [-0.3, -0.25) is 9.36 Å². The van der Waals surface area contributed by atoms with E-state index < -0.39 is 0 Å². The maximum absolute atomic E-state index is 12.5. The molecule has 0 aromatic heterocycles. The van der Waals surface area contributed by atoms with Crippen LogP contribution < -0.4 is 10.0 Å². The Balaban J connectivity index is 1.89. The van der Waals surface area contributed by atoms with Gasteiger partial charge in [0.2, 0.25) is 0 Å². The molecule has 3 aromatic rings. The van der Waals surface area contributed by atoms with Crippen LogP contribution in [-0.4, -0.2) is 5.97 Å². The number of carbonyl (C=O) groups excluding carboxylic acids is 1. The lowest BCUT2D eigenvalue weighted by molar-refractivity contribution is -0.133. The Hall–Kier alpha value is -2.77. The van der Waals surface area contributed by atoms with E-state index in [1.54, 1.807) is 0 Å². The van der Waals surface area contributed by atoms with Gasteiger partial charge >= 0.3 is 5.97 Å². The van der Waals surface area contributed by atoms with Crippen molar-refractivity contribution in [2.24, 2.45) is 0 Å². The number of hydrogen-bond donors (Lipinski definition) is 0. The molecule has 0 spiro atoms. The second-order valence-corrected chi connectivity index (χ2v) is 7.00. The summed E-state index contributed by atoms with van der Waals surface area (Å²) in [5, 5.41) is 0.730. The van der Waals surface area contributed by atoms with Crippen molar-refractivity contribution in [2.75, 3.05) is 0 Å². The number of esters is 1. The minimum Gasteiger partial charge on any atom is -0.426 e. The van der Waals surface area contributed by atoms with E-state index in [1.807, 2.05) is 36.4 Å². The molecule has 1 aliphatic rings. The summed E-state index contributed by atoms with van der Waals surface area (Å²) < 4.78 is 16.6. The van der Waals surface area contributed by atoms with Crippen LogP contribution in [0.4, 0.5) is 0 Å². The fraction of sp³-hybridized carbons (Fsp3) is 0.136. The van der Waals surface area contributed by atoms with Crippen molar-refractivity contribution in [3.63, 3.8) is 0 Å². The Labute approximate surface area is 153 Å². The first-order chi connectivity index (χ1) is 12.7. The summed E-state index contributed by atoms with van der Waals surface area (Å²) in [5.74, 6) is 0.393. The minimum absolute atomic E-state index is 0.00595. The van der Waals surface area contributed by atoms with E-state index in [0.29, 0.717) is 5.75 Å². The van der Waals surface area contributed by atoms with Crippen LogP contribution in [0.25, 0.3) is 22.3 Å². The highest BCUT2D eigenvalue weighted by molar-refractivity contribution is 7.34. The number of ether oxygens (including phenoxy) is 1. The molecule has 128 valence electrons. The maximum atomic E-state index is 12.5. The van der Waals surface area contributed by atoms with Crippen LogP contribution >= 0.6 is 8.46 Å². The van der Waals surface area contributed by atoms with E-state index in [2.05, 4.69) is 31.2 Å². The summed E-state index contributed by atoms with van der Waals surface area (Å²) in [7, 11) is 0.00595.